The molecule has 0 radical (unpaired) electrons. The number of amides is 4. The van der Waals surface area contributed by atoms with Crippen LogP contribution in [0.2, 0.25) is 0 Å². The molecule has 8 nitrogen and oxygen atoms in total. The van der Waals surface area contributed by atoms with Crippen LogP contribution in [0.4, 0.5) is 4.79 Å². The van der Waals surface area contributed by atoms with Crippen LogP contribution < -0.4 is 20.1 Å². The largest absolute Gasteiger partial charge is 0.454 e. The second-order valence-electron chi connectivity index (χ2n) is 6.90. The summed E-state index contributed by atoms with van der Waals surface area (Å²) in [7, 11) is 0. The van der Waals surface area contributed by atoms with E-state index in [-0.39, 0.29) is 25.2 Å². The molecule has 4 amide bonds. The van der Waals surface area contributed by atoms with Gasteiger partial charge in [0, 0.05) is 6.54 Å². The number of imide groups is 1. The molecule has 26 heavy (non-hydrogen) atoms. The highest BCUT2D eigenvalue weighted by Crippen LogP contribution is 2.35. The predicted octanol–water partition coefficient (Wildman–Crippen LogP) is 0.939. The molecule has 0 bridgehead atoms. The van der Waals surface area contributed by atoms with Crippen molar-refractivity contribution in [1.82, 2.24) is 15.5 Å². The molecule has 1 spiro atoms. The Labute approximate surface area is 150 Å². The zero-order valence-electron chi connectivity index (χ0n) is 14.4. The molecule has 2 N–H and O–H groups in total. The number of benzene rings is 1. The first kappa shape index (κ1) is 16.7. The first-order valence-electron chi connectivity index (χ1n) is 8.87. The monoisotopic (exact) mass is 359 g/mol. The van der Waals surface area contributed by atoms with Crippen molar-refractivity contribution in [3.63, 3.8) is 0 Å². The fraction of sp³-hybridized carbons (Fsp3) is 0.500. The molecule has 1 saturated carbocycles. The number of nitrogens with one attached hydrogen (secondary N) is 2. The number of hydrogen-bond acceptors (Lipinski definition) is 5. The van der Waals surface area contributed by atoms with Crippen LogP contribution in [-0.2, 0) is 16.0 Å². The third-order valence-electron chi connectivity index (χ3n) is 5.18. The summed E-state index contributed by atoms with van der Waals surface area (Å²) in [4.78, 5) is 37.8. The zero-order chi connectivity index (χ0) is 18.1. The lowest BCUT2D eigenvalue weighted by molar-refractivity contribution is -0.134. The van der Waals surface area contributed by atoms with Gasteiger partial charge < -0.3 is 20.1 Å². The summed E-state index contributed by atoms with van der Waals surface area (Å²) in [5.41, 5.74) is 0.235. The molecule has 4 rings (SSSR count). The lowest BCUT2D eigenvalue weighted by Crippen LogP contribution is -2.45. The summed E-state index contributed by atoms with van der Waals surface area (Å²) in [5, 5.41) is 5.53. The van der Waals surface area contributed by atoms with Crippen molar-refractivity contribution in [1.29, 1.82) is 0 Å². The van der Waals surface area contributed by atoms with E-state index in [0.717, 1.165) is 29.1 Å². The molecule has 8 heteroatoms. The summed E-state index contributed by atoms with van der Waals surface area (Å²) in [6.07, 6.45) is 3.76. The van der Waals surface area contributed by atoms with Crippen molar-refractivity contribution in [2.75, 3.05) is 19.9 Å². The minimum absolute atomic E-state index is 0.225. The molecular formula is C18H21N3O5. The number of carbonyl (C=O) groups excluding carboxylic acids is 3. The number of hydrogen-bond donors (Lipinski definition) is 2. The van der Waals surface area contributed by atoms with E-state index in [1.165, 1.54) is 0 Å². The summed E-state index contributed by atoms with van der Waals surface area (Å²) in [5.74, 6) is 0.808. The fourth-order valence-corrected chi connectivity index (χ4v) is 3.78. The molecule has 138 valence electrons. The number of ether oxygens (including phenoxy) is 2. The van der Waals surface area contributed by atoms with E-state index >= 15 is 0 Å². The van der Waals surface area contributed by atoms with Gasteiger partial charge in [-0.05, 0) is 37.0 Å². The molecule has 2 fully saturated rings. The average Bonchev–Trinajstić information content (AvgIpc) is 3.32. The van der Waals surface area contributed by atoms with Crippen molar-refractivity contribution in [3.05, 3.63) is 23.8 Å². The normalized spacial score (nSPS) is 19.9. The topological polar surface area (TPSA) is 97.0 Å². The second kappa shape index (κ2) is 6.51. The average molecular weight is 359 g/mol. The standard InChI is InChI=1S/C18H21N3O5/c22-15(10-21-16(23)18(20-17(21)24)6-1-2-7-18)19-8-5-12-3-4-13-14(9-12)26-11-25-13/h3-4,9H,1-2,5-8,10-11H2,(H,19,22)(H,20,24). The highest BCUT2D eigenvalue weighted by Gasteiger charge is 2.52. The first-order valence-corrected chi connectivity index (χ1v) is 8.87. The number of carbonyl (C=O) groups is 3. The van der Waals surface area contributed by atoms with Crippen molar-refractivity contribution in [2.45, 2.75) is 37.6 Å². The molecular weight excluding hydrogens is 338 g/mol. The van der Waals surface area contributed by atoms with Gasteiger partial charge in [-0.15, -0.1) is 0 Å². The highest BCUT2D eigenvalue weighted by atomic mass is 16.7. The zero-order valence-corrected chi connectivity index (χ0v) is 14.4. The minimum atomic E-state index is -0.774. The molecule has 1 aliphatic carbocycles. The maximum absolute atomic E-state index is 12.5. The Morgan fingerprint density at radius 2 is 1.96 bits per heavy atom. The maximum Gasteiger partial charge on any atom is 0.325 e. The summed E-state index contributed by atoms with van der Waals surface area (Å²) in [6, 6.07) is 5.17. The van der Waals surface area contributed by atoms with Gasteiger partial charge in [-0.25, -0.2) is 4.79 Å². The van der Waals surface area contributed by atoms with Crippen LogP contribution in [0.1, 0.15) is 31.2 Å². The van der Waals surface area contributed by atoms with Crippen LogP contribution in [0, 0.1) is 0 Å². The smallest absolute Gasteiger partial charge is 0.325 e. The Kier molecular flexibility index (Phi) is 4.18. The molecule has 1 saturated heterocycles. The Balaban J connectivity index is 1.28. The quantitative estimate of drug-likeness (QED) is 0.763. The molecule has 2 heterocycles. The maximum atomic E-state index is 12.5. The van der Waals surface area contributed by atoms with Gasteiger partial charge >= 0.3 is 6.03 Å². The molecule has 1 aromatic carbocycles. The van der Waals surface area contributed by atoms with Crippen LogP contribution in [0.15, 0.2) is 18.2 Å². The third kappa shape index (κ3) is 2.95. The Morgan fingerprint density at radius 3 is 2.77 bits per heavy atom. The van der Waals surface area contributed by atoms with Gasteiger partial charge in [0.15, 0.2) is 11.5 Å². The van der Waals surface area contributed by atoms with Crippen LogP contribution in [0.25, 0.3) is 0 Å². The molecule has 1 aromatic rings. The lowest BCUT2D eigenvalue weighted by atomic mass is 9.98. The van der Waals surface area contributed by atoms with Crippen LogP contribution in [0.5, 0.6) is 11.5 Å². The van der Waals surface area contributed by atoms with Crippen molar-refractivity contribution < 1.29 is 23.9 Å². The van der Waals surface area contributed by atoms with E-state index in [1.807, 2.05) is 18.2 Å². The van der Waals surface area contributed by atoms with Gasteiger partial charge in [-0.1, -0.05) is 18.9 Å². The Hall–Kier alpha value is -2.77. The fourth-order valence-electron chi connectivity index (χ4n) is 3.78. The van der Waals surface area contributed by atoms with E-state index in [9.17, 15) is 14.4 Å². The number of rotatable bonds is 5. The third-order valence-corrected chi connectivity index (χ3v) is 5.18. The summed E-state index contributed by atoms with van der Waals surface area (Å²) < 4.78 is 10.6. The van der Waals surface area contributed by atoms with Gasteiger partial charge in [-0.3, -0.25) is 14.5 Å². The second-order valence-corrected chi connectivity index (χ2v) is 6.90. The van der Waals surface area contributed by atoms with E-state index < -0.39 is 11.6 Å². The number of fused-ring (bicyclic) bond motifs is 1. The van der Waals surface area contributed by atoms with Crippen molar-refractivity contribution in [2.24, 2.45) is 0 Å². The predicted molar refractivity (Wildman–Crippen MR) is 90.7 cm³/mol. The number of nitrogens with zero attached hydrogens (tertiary/aromatic N) is 1. The van der Waals surface area contributed by atoms with Gasteiger partial charge in [0.1, 0.15) is 12.1 Å². The van der Waals surface area contributed by atoms with E-state index in [2.05, 4.69) is 10.6 Å². The number of urea groups is 1. The van der Waals surface area contributed by atoms with Gasteiger partial charge in [0.2, 0.25) is 12.7 Å². The molecule has 0 aromatic heterocycles. The molecule has 2 aliphatic heterocycles. The highest BCUT2D eigenvalue weighted by molar-refractivity contribution is 6.09. The SMILES string of the molecule is O=C(CN1C(=O)NC2(CCCC2)C1=O)NCCc1ccc2c(c1)OCO2. The molecule has 0 atom stereocenters. The molecule has 0 unspecified atom stereocenters. The van der Waals surface area contributed by atoms with Crippen molar-refractivity contribution in [3.8, 4) is 11.5 Å². The van der Waals surface area contributed by atoms with Crippen LogP contribution in [-0.4, -0.2) is 48.2 Å². The van der Waals surface area contributed by atoms with E-state index in [1.54, 1.807) is 0 Å². The van der Waals surface area contributed by atoms with Crippen molar-refractivity contribution >= 4 is 17.8 Å². The first-order chi connectivity index (χ1) is 12.6. The van der Waals surface area contributed by atoms with Crippen LogP contribution >= 0.6 is 0 Å². The Morgan fingerprint density at radius 1 is 1.19 bits per heavy atom. The van der Waals surface area contributed by atoms with Gasteiger partial charge in [0.25, 0.3) is 5.91 Å². The molecule has 3 aliphatic rings. The Bertz CT molecular complexity index is 757. The van der Waals surface area contributed by atoms with E-state index in [4.69, 9.17) is 9.47 Å². The van der Waals surface area contributed by atoms with E-state index in [0.29, 0.717) is 31.6 Å². The van der Waals surface area contributed by atoms with Gasteiger partial charge in [-0.2, -0.15) is 0 Å². The summed E-state index contributed by atoms with van der Waals surface area (Å²) >= 11 is 0. The summed E-state index contributed by atoms with van der Waals surface area (Å²) in [6.45, 7) is 0.393. The minimum Gasteiger partial charge on any atom is -0.454 e. The lowest BCUT2D eigenvalue weighted by Gasteiger charge is -2.19. The van der Waals surface area contributed by atoms with Crippen LogP contribution in [0.3, 0.4) is 0 Å². The van der Waals surface area contributed by atoms with Gasteiger partial charge in [0.05, 0.1) is 0 Å².